The molecule has 0 spiro atoms. The van der Waals surface area contributed by atoms with Crippen LogP contribution >= 0.6 is 17.1 Å². The molecular weight excluding hydrogens is 337 g/mol. The Balaban J connectivity index is 2.57. The first-order valence-corrected chi connectivity index (χ1v) is 10.5. The van der Waals surface area contributed by atoms with E-state index in [2.05, 4.69) is 10.1 Å². The summed E-state index contributed by atoms with van der Waals surface area (Å²) >= 11 is 6.66. The Morgan fingerprint density at radius 1 is 1.48 bits per heavy atom. The highest BCUT2D eigenvalue weighted by Crippen LogP contribution is 2.64. The van der Waals surface area contributed by atoms with Crippen molar-refractivity contribution < 1.29 is 28.1 Å². The number of alkyl carbamates (subject to hydrolysis) is 1. The normalized spacial score (nSPS) is 23.4. The molecule has 0 aromatic rings. The molecule has 1 amide bonds. The maximum absolute atomic E-state index is 11.7. The molecule has 2 atom stereocenters. The van der Waals surface area contributed by atoms with Gasteiger partial charge in [0.2, 0.25) is 5.69 Å². The lowest BCUT2D eigenvalue weighted by Crippen LogP contribution is -2.46. The number of rotatable bonds is 5. The SMILES string of the molecule is COC(=O)[C@H](COP1(=S)OCCS1)NC(=O)OC(C)(C)C. The highest BCUT2D eigenvalue weighted by atomic mass is 32.9. The predicted molar refractivity (Wildman–Crippen MR) is 83.8 cm³/mol. The summed E-state index contributed by atoms with van der Waals surface area (Å²) in [7, 11) is 1.23. The third-order valence-electron chi connectivity index (χ3n) is 2.16. The fourth-order valence-electron chi connectivity index (χ4n) is 1.34. The number of methoxy groups -OCH3 is 1. The standard InChI is InChI=1S/C11H20NO6PS2/c1-11(2,3)18-10(14)12-8(9(13)15-4)7-17-19(20)16-5-6-21-19/h8H,5-7H2,1-4H3,(H,12,14)/t8-,19?/m0/s1. The molecular formula is C11H20NO6PS2. The first-order chi connectivity index (χ1) is 9.65. The quantitative estimate of drug-likeness (QED) is 0.591. The van der Waals surface area contributed by atoms with E-state index in [0.717, 1.165) is 5.75 Å². The molecule has 1 saturated heterocycles. The lowest BCUT2D eigenvalue weighted by atomic mass is 10.2. The van der Waals surface area contributed by atoms with Crippen molar-refractivity contribution in [2.24, 2.45) is 0 Å². The van der Waals surface area contributed by atoms with E-state index < -0.39 is 29.4 Å². The molecule has 0 bridgehead atoms. The van der Waals surface area contributed by atoms with Crippen LogP contribution in [0.5, 0.6) is 0 Å². The van der Waals surface area contributed by atoms with Crippen LogP contribution < -0.4 is 5.32 Å². The van der Waals surface area contributed by atoms with E-state index in [1.165, 1.54) is 18.5 Å². The topological polar surface area (TPSA) is 83.1 Å². The van der Waals surface area contributed by atoms with E-state index >= 15 is 0 Å². The average molecular weight is 357 g/mol. The molecule has 1 N–H and O–H groups in total. The molecule has 0 aromatic heterocycles. The molecule has 1 aliphatic heterocycles. The maximum atomic E-state index is 11.7. The number of ether oxygens (including phenoxy) is 2. The minimum atomic E-state index is -2.41. The molecule has 122 valence electrons. The Labute approximate surface area is 133 Å². The Bertz CT molecular complexity index is 429. The number of carbonyl (C=O) groups excluding carboxylic acids is 2. The highest BCUT2D eigenvalue weighted by Gasteiger charge is 2.31. The molecule has 1 rings (SSSR count). The van der Waals surface area contributed by atoms with Crippen molar-refractivity contribution in [3.63, 3.8) is 0 Å². The zero-order chi connectivity index (χ0) is 16.1. The predicted octanol–water partition coefficient (Wildman–Crippen LogP) is 2.06. The molecule has 0 radical (unpaired) electrons. The monoisotopic (exact) mass is 357 g/mol. The largest absolute Gasteiger partial charge is 0.467 e. The van der Waals surface area contributed by atoms with Gasteiger partial charge in [-0.2, -0.15) is 0 Å². The van der Waals surface area contributed by atoms with Crippen LogP contribution in [0.3, 0.4) is 0 Å². The van der Waals surface area contributed by atoms with Crippen molar-refractivity contribution in [3.05, 3.63) is 0 Å². The van der Waals surface area contributed by atoms with Gasteiger partial charge in [0, 0.05) is 5.75 Å². The van der Waals surface area contributed by atoms with Crippen molar-refractivity contribution in [2.75, 3.05) is 26.1 Å². The van der Waals surface area contributed by atoms with Crippen molar-refractivity contribution in [3.8, 4) is 0 Å². The highest BCUT2D eigenvalue weighted by molar-refractivity contribution is 8.68. The molecule has 10 heteroatoms. The molecule has 0 saturated carbocycles. The van der Waals surface area contributed by atoms with Gasteiger partial charge in [0.25, 0.3) is 0 Å². The zero-order valence-corrected chi connectivity index (χ0v) is 14.9. The van der Waals surface area contributed by atoms with Crippen LogP contribution in [0.1, 0.15) is 20.8 Å². The molecule has 0 aliphatic carbocycles. The number of nitrogens with one attached hydrogen (secondary N) is 1. The lowest BCUT2D eigenvalue weighted by Gasteiger charge is -2.23. The van der Waals surface area contributed by atoms with E-state index in [4.69, 9.17) is 25.6 Å². The van der Waals surface area contributed by atoms with E-state index in [1.54, 1.807) is 20.8 Å². The Kier molecular flexibility index (Phi) is 6.93. The number of carbonyl (C=O) groups is 2. The van der Waals surface area contributed by atoms with E-state index in [0.29, 0.717) is 6.61 Å². The summed E-state index contributed by atoms with van der Waals surface area (Å²) in [6.45, 7) is 5.59. The van der Waals surface area contributed by atoms with Gasteiger partial charge in [-0.3, -0.25) is 0 Å². The molecule has 1 unspecified atom stereocenters. The Morgan fingerprint density at radius 2 is 2.14 bits per heavy atom. The van der Waals surface area contributed by atoms with E-state index in [-0.39, 0.29) is 6.61 Å². The van der Waals surface area contributed by atoms with Gasteiger partial charge >= 0.3 is 12.1 Å². The van der Waals surface area contributed by atoms with Crippen LogP contribution in [0.25, 0.3) is 0 Å². The first-order valence-electron chi connectivity index (χ1n) is 6.26. The number of hydrogen-bond acceptors (Lipinski definition) is 8. The van der Waals surface area contributed by atoms with Crippen LogP contribution in [-0.4, -0.2) is 49.8 Å². The van der Waals surface area contributed by atoms with Crippen LogP contribution in [0.4, 0.5) is 4.79 Å². The summed E-state index contributed by atoms with van der Waals surface area (Å²) in [6, 6.07) is -0.991. The van der Waals surface area contributed by atoms with Crippen LogP contribution in [0.2, 0.25) is 0 Å². The fraction of sp³-hybridized carbons (Fsp3) is 0.818. The van der Waals surface area contributed by atoms with Gasteiger partial charge in [0.05, 0.1) is 20.3 Å². The van der Waals surface area contributed by atoms with Gasteiger partial charge in [-0.1, -0.05) is 11.4 Å². The van der Waals surface area contributed by atoms with Crippen LogP contribution in [-0.2, 0) is 35.1 Å². The Morgan fingerprint density at radius 3 is 2.62 bits per heavy atom. The molecule has 21 heavy (non-hydrogen) atoms. The third kappa shape index (κ3) is 6.97. The summed E-state index contributed by atoms with van der Waals surface area (Å²) in [4.78, 5) is 23.4. The summed E-state index contributed by atoms with van der Waals surface area (Å²) < 4.78 is 20.6. The number of hydrogen-bond donors (Lipinski definition) is 1. The molecule has 1 heterocycles. The summed E-state index contributed by atoms with van der Waals surface area (Å²) in [5.41, 5.74) is -3.07. The van der Waals surface area contributed by atoms with Gasteiger partial charge in [-0.15, -0.1) is 0 Å². The fourth-order valence-corrected chi connectivity index (χ4v) is 5.54. The van der Waals surface area contributed by atoms with Crippen molar-refractivity contribution in [1.29, 1.82) is 0 Å². The third-order valence-corrected chi connectivity index (χ3v) is 7.50. The van der Waals surface area contributed by atoms with Crippen LogP contribution in [0, 0.1) is 0 Å². The van der Waals surface area contributed by atoms with Gasteiger partial charge in [-0.05, 0) is 32.6 Å². The minimum Gasteiger partial charge on any atom is -0.467 e. The van der Waals surface area contributed by atoms with E-state index in [1.807, 2.05) is 0 Å². The van der Waals surface area contributed by atoms with Crippen molar-refractivity contribution >= 4 is 40.9 Å². The summed E-state index contributed by atoms with van der Waals surface area (Å²) in [6.07, 6.45) is -0.724. The number of esters is 1. The van der Waals surface area contributed by atoms with Gasteiger partial charge < -0.3 is 23.8 Å². The van der Waals surface area contributed by atoms with Gasteiger partial charge in [-0.25, -0.2) is 9.59 Å². The second-order valence-electron chi connectivity index (χ2n) is 5.13. The van der Waals surface area contributed by atoms with Crippen molar-refractivity contribution in [2.45, 2.75) is 32.4 Å². The van der Waals surface area contributed by atoms with Crippen molar-refractivity contribution in [1.82, 2.24) is 5.32 Å². The summed E-state index contributed by atoms with van der Waals surface area (Å²) in [5.74, 6) is 0.131. The van der Waals surface area contributed by atoms with Gasteiger partial charge in [0.15, 0.2) is 6.04 Å². The second-order valence-corrected chi connectivity index (χ2v) is 11.6. The summed E-state index contributed by atoms with van der Waals surface area (Å²) in [5, 5.41) is 2.41. The van der Waals surface area contributed by atoms with Gasteiger partial charge in [0.1, 0.15) is 5.60 Å². The maximum Gasteiger partial charge on any atom is 0.408 e. The molecule has 1 aliphatic rings. The Hall–Kier alpha value is -0.340. The number of amides is 1. The zero-order valence-electron chi connectivity index (χ0n) is 12.4. The molecule has 0 aromatic carbocycles. The van der Waals surface area contributed by atoms with E-state index in [9.17, 15) is 9.59 Å². The average Bonchev–Trinajstić information content (AvgIpc) is 2.78. The minimum absolute atomic E-state index is 0.115. The molecule has 1 fully saturated rings. The smallest absolute Gasteiger partial charge is 0.408 e. The second kappa shape index (κ2) is 7.78. The molecule has 7 nitrogen and oxygen atoms in total. The lowest BCUT2D eigenvalue weighted by molar-refractivity contribution is -0.143. The van der Waals surface area contributed by atoms with Crippen LogP contribution in [0.15, 0.2) is 0 Å². The first kappa shape index (κ1) is 18.7.